The number of ether oxygens (including phenoxy) is 2. The highest BCUT2D eigenvalue weighted by atomic mass is 16.5. The van der Waals surface area contributed by atoms with Crippen LogP contribution in [0.25, 0.3) is 0 Å². The van der Waals surface area contributed by atoms with Crippen LogP contribution in [-0.4, -0.2) is 33.4 Å². The molecule has 4 heteroatoms. The Morgan fingerprint density at radius 2 is 2.00 bits per heavy atom. The van der Waals surface area contributed by atoms with Crippen LogP contribution in [0.5, 0.6) is 5.75 Å². The van der Waals surface area contributed by atoms with Crippen molar-refractivity contribution in [3.05, 3.63) is 29.8 Å². The van der Waals surface area contributed by atoms with Crippen LogP contribution >= 0.6 is 0 Å². The third kappa shape index (κ3) is 5.19. The van der Waals surface area contributed by atoms with Crippen LogP contribution in [0, 0.1) is 0 Å². The molecule has 0 amide bonds. The minimum atomic E-state index is 0.217. The van der Waals surface area contributed by atoms with Gasteiger partial charge in [-0.25, -0.2) is 0 Å². The van der Waals surface area contributed by atoms with Gasteiger partial charge in [0.05, 0.1) is 13.7 Å². The smallest absolute Gasteiger partial charge is 0.123 e. The van der Waals surface area contributed by atoms with E-state index >= 15 is 0 Å². The Morgan fingerprint density at radius 3 is 2.63 bits per heavy atom. The predicted molar refractivity (Wildman–Crippen MR) is 78.5 cm³/mol. The van der Waals surface area contributed by atoms with E-state index in [-0.39, 0.29) is 6.04 Å². The number of hydrogen-bond acceptors (Lipinski definition) is 4. The SMILES string of the molecule is COCC(CCCN)N[C@H](C)c1ccccc1OC. The van der Waals surface area contributed by atoms with Gasteiger partial charge in [0.15, 0.2) is 0 Å². The monoisotopic (exact) mass is 266 g/mol. The molecule has 1 aromatic carbocycles. The first-order valence-electron chi connectivity index (χ1n) is 6.80. The summed E-state index contributed by atoms with van der Waals surface area (Å²) in [5, 5.41) is 3.58. The van der Waals surface area contributed by atoms with Crippen molar-refractivity contribution < 1.29 is 9.47 Å². The highest BCUT2D eigenvalue weighted by molar-refractivity contribution is 5.35. The van der Waals surface area contributed by atoms with Gasteiger partial charge in [0, 0.05) is 24.8 Å². The zero-order chi connectivity index (χ0) is 14.1. The van der Waals surface area contributed by atoms with Gasteiger partial charge < -0.3 is 20.5 Å². The summed E-state index contributed by atoms with van der Waals surface area (Å²) in [5.74, 6) is 0.914. The summed E-state index contributed by atoms with van der Waals surface area (Å²) in [5.41, 5.74) is 6.74. The number of rotatable bonds is 9. The normalized spacial score (nSPS) is 14.1. The molecule has 0 saturated heterocycles. The van der Waals surface area contributed by atoms with Crippen LogP contribution in [0.4, 0.5) is 0 Å². The lowest BCUT2D eigenvalue weighted by atomic mass is 10.0. The van der Waals surface area contributed by atoms with Crippen LogP contribution in [0.1, 0.15) is 31.4 Å². The van der Waals surface area contributed by atoms with Crippen molar-refractivity contribution in [2.24, 2.45) is 5.73 Å². The molecular weight excluding hydrogens is 240 g/mol. The second-order valence-corrected chi connectivity index (χ2v) is 4.71. The van der Waals surface area contributed by atoms with E-state index in [1.807, 2.05) is 18.2 Å². The summed E-state index contributed by atoms with van der Waals surface area (Å²) < 4.78 is 10.7. The zero-order valence-corrected chi connectivity index (χ0v) is 12.2. The van der Waals surface area contributed by atoms with Gasteiger partial charge in [-0.05, 0) is 32.4 Å². The third-order valence-corrected chi connectivity index (χ3v) is 3.22. The van der Waals surface area contributed by atoms with Gasteiger partial charge in [0.25, 0.3) is 0 Å². The molecule has 0 fully saturated rings. The maximum atomic E-state index is 5.57. The number of methoxy groups -OCH3 is 2. The van der Waals surface area contributed by atoms with E-state index in [9.17, 15) is 0 Å². The molecule has 0 saturated carbocycles. The van der Waals surface area contributed by atoms with E-state index in [1.165, 1.54) is 5.56 Å². The molecule has 0 aliphatic carbocycles. The summed E-state index contributed by atoms with van der Waals surface area (Å²) in [6, 6.07) is 8.61. The fraction of sp³-hybridized carbons (Fsp3) is 0.600. The second kappa shape index (κ2) is 8.91. The number of para-hydroxylation sites is 1. The highest BCUT2D eigenvalue weighted by Gasteiger charge is 2.15. The van der Waals surface area contributed by atoms with Crippen molar-refractivity contribution >= 4 is 0 Å². The Balaban J connectivity index is 2.66. The number of benzene rings is 1. The van der Waals surface area contributed by atoms with E-state index in [1.54, 1.807) is 14.2 Å². The Kier molecular flexibility index (Phi) is 7.48. The maximum Gasteiger partial charge on any atom is 0.123 e. The molecule has 0 aliphatic rings. The maximum absolute atomic E-state index is 5.57. The van der Waals surface area contributed by atoms with Crippen LogP contribution in [0.3, 0.4) is 0 Å². The van der Waals surface area contributed by atoms with E-state index in [4.69, 9.17) is 15.2 Å². The van der Waals surface area contributed by atoms with Gasteiger partial charge in [0.1, 0.15) is 5.75 Å². The summed E-state index contributed by atoms with van der Waals surface area (Å²) in [6.45, 7) is 3.55. The van der Waals surface area contributed by atoms with Crippen molar-refractivity contribution in [2.45, 2.75) is 31.8 Å². The van der Waals surface area contributed by atoms with Crippen molar-refractivity contribution in [1.82, 2.24) is 5.32 Å². The Bertz CT molecular complexity index is 358. The summed E-state index contributed by atoms with van der Waals surface area (Å²) >= 11 is 0. The number of nitrogens with two attached hydrogens (primary N) is 1. The lowest BCUT2D eigenvalue weighted by Gasteiger charge is -2.24. The number of hydrogen-bond donors (Lipinski definition) is 2. The fourth-order valence-electron chi connectivity index (χ4n) is 2.25. The lowest BCUT2D eigenvalue weighted by Crippen LogP contribution is -2.35. The molecule has 0 heterocycles. The van der Waals surface area contributed by atoms with Gasteiger partial charge in [0.2, 0.25) is 0 Å². The Labute approximate surface area is 116 Å². The fourth-order valence-corrected chi connectivity index (χ4v) is 2.25. The van der Waals surface area contributed by atoms with Gasteiger partial charge in [-0.2, -0.15) is 0 Å². The molecule has 2 atom stereocenters. The van der Waals surface area contributed by atoms with E-state index in [0.717, 1.165) is 18.6 Å². The molecule has 0 aliphatic heterocycles. The van der Waals surface area contributed by atoms with Crippen molar-refractivity contribution in [3.63, 3.8) is 0 Å². The second-order valence-electron chi connectivity index (χ2n) is 4.71. The van der Waals surface area contributed by atoms with E-state index < -0.39 is 0 Å². The minimum absolute atomic E-state index is 0.217. The molecular formula is C15H26N2O2. The molecule has 0 bridgehead atoms. The van der Waals surface area contributed by atoms with Gasteiger partial charge >= 0.3 is 0 Å². The molecule has 0 aromatic heterocycles. The van der Waals surface area contributed by atoms with Crippen LogP contribution in [0.2, 0.25) is 0 Å². The average Bonchev–Trinajstić information content (AvgIpc) is 2.44. The largest absolute Gasteiger partial charge is 0.496 e. The predicted octanol–water partition coefficient (Wildman–Crippen LogP) is 2.10. The minimum Gasteiger partial charge on any atom is -0.496 e. The van der Waals surface area contributed by atoms with Crippen molar-refractivity contribution in [2.75, 3.05) is 27.4 Å². The number of nitrogens with one attached hydrogen (secondary N) is 1. The summed E-state index contributed by atoms with van der Waals surface area (Å²) in [6.07, 6.45) is 2.02. The first kappa shape index (κ1) is 16.0. The molecule has 0 spiro atoms. The van der Waals surface area contributed by atoms with Crippen LogP contribution in [-0.2, 0) is 4.74 Å². The molecule has 1 unspecified atom stereocenters. The van der Waals surface area contributed by atoms with Crippen LogP contribution < -0.4 is 15.8 Å². The van der Waals surface area contributed by atoms with Gasteiger partial charge in [-0.15, -0.1) is 0 Å². The lowest BCUT2D eigenvalue weighted by molar-refractivity contribution is 0.156. The van der Waals surface area contributed by atoms with Crippen molar-refractivity contribution in [1.29, 1.82) is 0 Å². The first-order chi connectivity index (χ1) is 9.22. The quantitative estimate of drug-likeness (QED) is 0.718. The zero-order valence-electron chi connectivity index (χ0n) is 12.2. The molecule has 4 nitrogen and oxygen atoms in total. The topological polar surface area (TPSA) is 56.5 Å². The van der Waals surface area contributed by atoms with Crippen LogP contribution in [0.15, 0.2) is 24.3 Å². The highest BCUT2D eigenvalue weighted by Crippen LogP contribution is 2.24. The molecule has 1 aromatic rings. The molecule has 3 N–H and O–H groups in total. The average molecular weight is 266 g/mol. The molecule has 0 radical (unpaired) electrons. The molecule has 1 rings (SSSR count). The molecule has 19 heavy (non-hydrogen) atoms. The standard InChI is InChI=1S/C15H26N2O2/c1-12(14-8-4-5-9-15(14)19-3)17-13(11-18-2)7-6-10-16/h4-5,8-9,12-13,17H,6-7,10-11,16H2,1-3H3/t12-,13?/m1/s1. The first-order valence-corrected chi connectivity index (χ1v) is 6.80. The van der Waals surface area contributed by atoms with E-state index in [2.05, 4.69) is 18.3 Å². The Morgan fingerprint density at radius 1 is 1.26 bits per heavy atom. The van der Waals surface area contributed by atoms with Crippen molar-refractivity contribution in [3.8, 4) is 5.75 Å². The summed E-state index contributed by atoms with van der Waals surface area (Å²) in [4.78, 5) is 0. The third-order valence-electron chi connectivity index (χ3n) is 3.22. The van der Waals surface area contributed by atoms with Gasteiger partial charge in [-0.1, -0.05) is 18.2 Å². The Hall–Kier alpha value is -1.10. The van der Waals surface area contributed by atoms with E-state index in [0.29, 0.717) is 19.2 Å². The summed E-state index contributed by atoms with van der Waals surface area (Å²) in [7, 11) is 3.43. The van der Waals surface area contributed by atoms with Gasteiger partial charge in [-0.3, -0.25) is 0 Å². The molecule has 108 valence electrons.